The maximum absolute atomic E-state index is 12.8. The molecule has 1 amide bonds. The quantitative estimate of drug-likeness (QED) is 0.702. The first-order valence-electron chi connectivity index (χ1n) is 8.89. The van der Waals surface area contributed by atoms with Crippen LogP contribution in [0.5, 0.6) is 11.5 Å². The van der Waals surface area contributed by atoms with Crippen molar-refractivity contribution in [2.24, 2.45) is 0 Å². The van der Waals surface area contributed by atoms with Crippen LogP contribution in [0, 0.1) is 0 Å². The molecule has 0 aromatic heterocycles. The monoisotopic (exact) mass is 456 g/mol. The molecule has 4 rings (SSSR count). The molecule has 1 heterocycles. The number of hydrogen-bond acceptors (Lipinski definition) is 5. The van der Waals surface area contributed by atoms with Crippen molar-refractivity contribution in [1.82, 2.24) is 4.72 Å². The van der Waals surface area contributed by atoms with Gasteiger partial charge in [0.15, 0.2) is 11.5 Å². The molecule has 154 valence electrons. The molecule has 0 unspecified atom stereocenters. The highest BCUT2D eigenvalue weighted by molar-refractivity contribution is 7.89. The third-order valence-corrected chi connectivity index (χ3v) is 6.67. The van der Waals surface area contributed by atoms with Crippen LogP contribution in [0.3, 0.4) is 0 Å². The number of sulfonamides is 1. The van der Waals surface area contributed by atoms with Gasteiger partial charge in [0.05, 0.1) is 15.6 Å². The van der Waals surface area contributed by atoms with E-state index in [1.54, 1.807) is 32.0 Å². The molecule has 10 heteroatoms. The fourth-order valence-electron chi connectivity index (χ4n) is 2.89. The zero-order valence-corrected chi connectivity index (χ0v) is 17.9. The summed E-state index contributed by atoms with van der Waals surface area (Å²) in [5.41, 5.74) is 0.437. The van der Waals surface area contributed by atoms with Crippen molar-refractivity contribution in [3.63, 3.8) is 0 Å². The summed E-state index contributed by atoms with van der Waals surface area (Å²) < 4.78 is 38.9. The molecule has 0 atom stereocenters. The lowest BCUT2D eigenvalue weighted by atomic mass is 10.2. The van der Waals surface area contributed by atoms with Crippen LogP contribution in [0.1, 0.15) is 37.0 Å². The molecule has 29 heavy (non-hydrogen) atoms. The van der Waals surface area contributed by atoms with Crippen molar-refractivity contribution in [1.29, 1.82) is 0 Å². The molecular weight excluding hydrogens is 439 g/mol. The maximum Gasteiger partial charge on any atom is 0.257 e. The molecule has 2 aliphatic rings. The van der Waals surface area contributed by atoms with Crippen LogP contribution in [0.2, 0.25) is 10.0 Å². The standard InChI is InChI=1S/C19H18Cl2N2O5S/c1-19(2)27-15-6-5-11(7-16(15)28-19)22-18(24)12-8-17(14(21)9-13(12)20)29(25,26)23-10-3-4-10/h5-10,23H,3-4H2,1-2H3,(H,22,24). The van der Waals surface area contributed by atoms with Crippen LogP contribution in [-0.2, 0) is 10.0 Å². The Morgan fingerprint density at radius 1 is 1.07 bits per heavy atom. The Bertz CT molecular complexity index is 1110. The van der Waals surface area contributed by atoms with Crippen molar-refractivity contribution in [3.8, 4) is 11.5 Å². The number of nitrogens with one attached hydrogen (secondary N) is 2. The molecule has 2 aromatic carbocycles. The van der Waals surface area contributed by atoms with Gasteiger partial charge in [0.25, 0.3) is 5.91 Å². The summed E-state index contributed by atoms with van der Waals surface area (Å²) in [6.45, 7) is 3.55. The summed E-state index contributed by atoms with van der Waals surface area (Å²) in [6.07, 6.45) is 1.55. The highest BCUT2D eigenvalue weighted by Gasteiger charge is 2.32. The second-order valence-corrected chi connectivity index (χ2v) is 9.87. The third-order valence-electron chi connectivity index (χ3n) is 4.37. The topological polar surface area (TPSA) is 93.7 Å². The summed E-state index contributed by atoms with van der Waals surface area (Å²) in [5.74, 6) is -0.306. The summed E-state index contributed by atoms with van der Waals surface area (Å²) in [4.78, 5) is 12.6. The fraction of sp³-hybridized carbons (Fsp3) is 0.316. The Hall–Kier alpha value is -2.00. The Morgan fingerprint density at radius 3 is 2.45 bits per heavy atom. The number of halogens is 2. The zero-order valence-electron chi connectivity index (χ0n) is 15.6. The van der Waals surface area contributed by atoms with Gasteiger partial charge in [-0.2, -0.15) is 0 Å². The molecule has 0 saturated heterocycles. The van der Waals surface area contributed by atoms with Crippen LogP contribution in [-0.4, -0.2) is 26.2 Å². The van der Waals surface area contributed by atoms with Gasteiger partial charge in [0.1, 0.15) is 4.90 Å². The average Bonchev–Trinajstić information content (AvgIpc) is 3.33. The highest BCUT2D eigenvalue weighted by atomic mass is 35.5. The van der Waals surface area contributed by atoms with Crippen LogP contribution in [0.25, 0.3) is 0 Å². The number of hydrogen-bond donors (Lipinski definition) is 2. The molecular formula is C19H18Cl2N2O5S. The van der Waals surface area contributed by atoms with Crippen molar-refractivity contribution in [2.75, 3.05) is 5.32 Å². The largest absolute Gasteiger partial charge is 0.449 e. The lowest BCUT2D eigenvalue weighted by Gasteiger charge is -2.16. The molecule has 1 aliphatic carbocycles. The first-order chi connectivity index (χ1) is 13.5. The third kappa shape index (κ3) is 4.30. The lowest BCUT2D eigenvalue weighted by molar-refractivity contribution is -0.0431. The van der Waals surface area contributed by atoms with Crippen LogP contribution in [0.15, 0.2) is 35.2 Å². The molecule has 1 aliphatic heterocycles. The van der Waals surface area contributed by atoms with Crippen LogP contribution >= 0.6 is 23.2 Å². The number of carbonyl (C=O) groups excluding carboxylic acids is 1. The number of carbonyl (C=O) groups is 1. The second kappa shape index (κ2) is 7.05. The summed E-state index contributed by atoms with van der Waals surface area (Å²) in [7, 11) is -3.85. The van der Waals surface area contributed by atoms with Crippen LogP contribution in [0.4, 0.5) is 5.69 Å². The minimum absolute atomic E-state index is 0.00904. The number of ether oxygens (including phenoxy) is 2. The minimum atomic E-state index is -3.85. The molecule has 0 bridgehead atoms. The van der Waals surface area contributed by atoms with E-state index in [4.69, 9.17) is 32.7 Å². The van der Waals surface area contributed by atoms with Gasteiger partial charge >= 0.3 is 0 Å². The fourth-order valence-corrected chi connectivity index (χ4v) is 5.06. The van der Waals surface area contributed by atoms with E-state index in [1.165, 1.54) is 12.1 Å². The van der Waals surface area contributed by atoms with Gasteiger partial charge in [0, 0.05) is 31.6 Å². The van der Waals surface area contributed by atoms with Crippen LogP contribution < -0.4 is 19.5 Å². The number of rotatable bonds is 5. The van der Waals surface area contributed by atoms with Crippen molar-refractivity contribution in [2.45, 2.75) is 43.4 Å². The molecule has 1 fully saturated rings. The Balaban J connectivity index is 1.60. The van der Waals surface area contributed by atoms with E-state index < -0.39 is 21.7 Å². The summed E-state index contributed by atoms with van der Waals surface area (Å²) >= 11 is 12.2. The van der Waals surface area contributed by atoms with Crippen molar-refractivity contribution >= 4 is 44.8 Å². The Morgan fingerprint density at radius 2 is 1.76 bits per heavy atom. The van der Waals surface area contributed by atoms with Gasteiger partial charge in [0.2, 0.25) is 15.8 Å². The van der Waals surface area contributed by atoms with Crippen molar-refractivity contribution in [3.05, 3.63) is 45.9 Å². The minimum Gasteiger partial charge on any atom is -0.449 e. The highest BCUT2D eigenvalue weighted by Crippen LogP contribution is 2.41. The first-order valence-corrected chi connectivity index (χ1v) is 11.1. The second-order valence-electron chi connectivity index (χ2n) is 7.38. The number of anilines is 1. The van der Waals surface area contributed by atoms with E-state index in [0.717, 1.165) is 12.8 Å². The number of amides is 1. The van der Waals surface area contributed by atoms with E-state index in [1.807, 2.05) is 0 Å². The molecule has 2 aromatic rings. The molecule has 0 radical (unpaired) electrons. The Kier molecular flexibility index (Phi) is 4.93. The molecule has 2 N–H and O–H groups in total. The number of benzene rings is 2. The smallest absolute Gasteiger partial charge is 0.257 e. The predicted molar refractivity (Wildman–Crippen MR) is 110 cm³/mol. The Labute approximate surface area is 178 Å². The van der Waals surface area contributed by atoms with Gasteiger partial charge in [-0.25, -0.2) is 13.1 Å². The van der Waals surface area contributed by atoms with E-state index in [2.05, 4.69) is 10.0 Å². The number of fused-ring (bicyclic) bond motifs is 1. The van der Waals surface area contributed by atoms with Gasteiger partial charge in [-0.05, 0) is 37.1 Å². The predicted octanol–water partition coefficient (Wildman–Crippen LogP) is 4.19. The molecule has 7 nitrogen and oxygen atoms in total. The van der Waals surface area contributed by atoms with E-state index >= 15 is 0 Å². The van der Waals surface area contributed by atoms with Gasteiger partial charge in [-0.15, -0.1) is 0 Å². The molecule has 1 saturated carbocycles. The summed E-state index contributed by atoms with van der Waals surface area (Å²) in [6, 6.07) is 7.29. The van der Waals surface area contributed by atoms with E-state index in [0.29, 0.717) is 17.2 Å². The van der Waals surface area contributed by atoms with Crippen molar-refractivity contribution < 1.29 is 22.7 Å². The SMILES string of the molecule is CC1(C)Oc2ccc(NC(=O)c3cc(S(=O)(=O)NC4CC4)c(Cl)cc3Cl)cc2O1. The molecule has 0 spiro atoms. The normalized spacial score (nSPS) is 17.2. The van der Waals surface area contributed by atoms with Gasteiger partial charge in [-0.3, -0.25) is 4.79 Å². The summed E-state index contributed by atoms with van der Waals surface area (Å²) in [5, 5.41) is 2.68. The van der Waals surface area contributed by atoms with E-state index in [-0.39, 0.29) is 26.5 Å². The maximum atomic E-state index is 12.8. The van der Waals surface area contributed by atoms with Gasteiger partial charge in [-0.1, -0.05) is 23.2 Å². The van der Waals surface area contributed by atoms with Gasteiger partial charge < -0.3 is 14.8 Å². The first kappa shape index (κ1) is 20.3. The average molecular weight is 457 g/mol. The zero-order chi connectivity index (χ0) is 21.0. The lowest BCUT2D eigenvalue weighted by Crippen LogP contribution is -2.29. The van der Waals surface area contributed by atoms with E-state index in [9.17, 15) is 13.2 Å².